The fourth-order valence-electron chi connectivity index (χ4n) is 1.95. The molecule has 0 saturated carbocycles. The minimum Gasteiger partial charge on any atom is -0.493 e. The first-order valence-corrected chi connectivity index (χ1v) is 6.79. The SMILES string of the molecule is COc1cc(Cl)cc(CO)c1OCCn1ccccc1=O. The van der Waals surface area contributed by atoms with Crippen molar-refractivity contribution in [3.63, 3.8) is 0 Å². The number of nitrogens with zero attached hydrogens (tertiary/aromatic N) is 1. The molecule has 0 unspecified atom stereocenters. The zero-order valence-corrected chi connectivity index (χ0v) is 12.3. The lowest BCUT2D eigenvalue weighted by Crippen LogP contribution is -2.21. The predicted molar refractivity (Wildman–Crippen MR) is 80.1 cm³/mol. The van der Waals surface area contributed by atoms with Gasteiger partial charge in [0.1, 0.15) is 6.61 Å². The maximum Gasteiger partial charge on any atom is 0.250 e. The van der Waals surface area contributed by atoms with Crippen LogP contribution in [0.1, 0.15) is 5.56 Å². The number of aromatic nitrogens is 1. The topological polar surface area (TPSA) is 60.7 Å². The lowest BCUT2D eigenvalue weighted by molar-refractivity contribution is 0.248. The van der Waals surface area contributed by atoms with Gasteiger partial charge < -0.3 is 19.1 Å². The molecule has 0 atom stereocenters. The molecule has 0 saturated heterocycles. The average molecular weight is 310 g/mol. The van der Waals surface area contributed by atoms with Crippen LogP contribution in [0.2, 0.25) is 5.02 Å². The van der Waals surface area contributed by atoms with E-state index in [4.69, 9.17) is 21.1 Å². The summed E-state index contributed by atoms with van der Waals surface area (Å²) in [5.74, 6) is 0.889. The van der Waals surface area contributed by atoms with E-state index in [0.717, 1.165) is 0 Å². The number of hydrogen-bond acceptors (Lipinski definition) is 4. The Morgan fingerprint density at radius 2 is 2.14 bits per heavy atom. The van der Waals surface area contributed by atoms with E-state index in [0.29, 0.717) is 28.6 Å². The molecule has 0 aliphatic rings. The van der Waals surface area contributed by atoms with E-state index in [2.05, 4.69) is 0 Å². The molecule has 21 heavy (non-hydrogen) atoms. The number of hydrogen-bond donors (Lipinski definition) is 1. The predicted octanol–water partition coefficient (Wildman–Crippen LogP) is 2.08. The van der Waals surface area contributed by atoms with Gasteiger partial charge in [-0.15, -0.1) is 0 Å². The Balaban J connectivity index is 2.13. The van der Waals surface area contributed by atoms with Crippen LogP contribution >= 0.6 is 11.6 Å². The quantitative estimate of drug-likeness (QED) is 0.887. The Bertz CT molecular complexity index is 644. The van der Waals surface area contributed by atoms with Crippen LogP contribution in [0, 0.1) is 0 Å². The van der Waals surface area contributed by atoms with Crippen molar-refractivity contribution in [3.05, 3.63) is 57.5 Å². The number of pyridine rings is 1. The number of ether oxygens (including phenoxy) is 2. The van der Waals surface area contributed by atoms with Crippen LogP contribution in [-0.4, -0.2) is 23.4 Å². The van der Waals surface area contributed by atoms with Crippen molar-refractivity contribution in [1.29, 1.82) is 0 Å². The third kappa shape index (κ3) is 3.77. The maximum absolute atomic E-state index is 11.6. The highest BCUT2D eigenvalue weighted by Gasteiger charge is 2.12. The van der Waals surface area contributed by atoms with Crippen LogP contribution in [-0.2, 0) is 13.2 Å². The summed E-state index contributed by atoms with van der Waals surface area (Å²) in [4.78, 5) is 11.6. The molecule has 112 valence electrons. The van der Waals surface area contributed by atoms with Crippen LogP contribution in [0.15, 0.2) is 41.3 Å². The van der Waals surface area contributed by atoms with E-state index in [1.165, 1.54) is 13.2 Å². The Kier molecular flexibility index (Phi) is 5.25. The number of aliphatic hydroxyl groups is 1. The van der Waals surface area contributed by atoms with E-state index >= 15 is 0 Å². The fourth-order valence-corrected chi connectivity index (χ4v) is 2.18. The molecule has 0 radical (unpaired) electrons. The highest BCUT2D eigenvalue weighted by atomic mass is 35.5. The summed E-state index contributed by atoms with van der Waals surface area (Å²) in [6.07, 6.45) is 1.69. The van der Waals surface area contributed by atoms with E-state index < -0.39 is 0 Å². The number of rotatable bonds is 6. The highest BCUT2D eigenvalue weighted by molar-refractivity contribution is 6.30. The minimum absolute atomic E-state index is 0.0912. The molecule has 0 aliphatic heterocycles. The van der Waals surface area contributed by atoms with E-state index in [9.17, 15) is 9.90 Å². The van der Waals surface area contributed by atoms with Crippen molar-refractivity contribution in [2.45, 2.75) is 13.2 Å². The van der Waals surface area contributed by atoms with Gasteiger partial charge in [0.2, 0.25) is 0 Å². The van der Waals surface area contributed by atoms with Gasteiger partial charge in [-0.2, -0.15) is 0 Å². The monoisotopic (exact) mass is 309 g/mol. The number of benzene rings is 1. The largest absolute Gasteiger partial charge is 0.493 e. The van der Waals surface area contributed by atoms with Crippen molar-refractivity contribution in [3.8, 4) is 11.5 Å². The molecule has 2 rings (SSSR count). The lowest BCUT2D eigenvalue weighted by atomic mass is 10.2. The molecule has 1 N–H and O–H groups in total. The third-order valence-electron chi connectivity index (χ3n) is 2.96. The van der Waals surface area contributed by atoms with Gasteiger partial charge in [-0.05, 0) is 12.1 Å². The van der Waals surface area contributed by atoms with Gasteiger partial charge >= 0.3 is 0 Å². The van der Waals surface area contributed by atoms with Gasteiger partial charge in [-0.1, -0.05) is 17.7 Å². The zero-order valence-electron chi connectivity index (χ0n) is 11.6. The van der Waals surface area contributed by atoms with E-state index in [-0.39, 0.29) is 18.8 Å². The molecule has 5 nitrogen and oxygen atoms in total. The van der Waals surface area contributed by atoms with Gasteiger partial charge in [0.15, 0.2) is 11.5 Å². The van der Waals surface area contributed by atoms with Crippen molar-refractivity contribution >= 4 is 11.6 Å². The molecular weight excluding hydrogens is 294 g/mol. The first kappa shape index (κ1) is 15.4. The number of halogens is 1. The molecule has 1 heterocycles. The standard InChI is InChI=1S/C15H16ClNO4/c1-20-13-9-12(16)8-11(10-18)15(13)21-7-6-17-5-3-2-4-14(17)19/h2-5,8-9,18H,6-7,10H2,1H3. The molecule has 0 fully saturated rings. The molecule has 1 aromatic carbocycles. The molecule has 0 aliphatic carbocycles. The number of aliphatic hydroxyl groups excluding tert-OH is 1. The Hall–Kier alpha value is -1.98. The third-order valence-corrected chi connectivity index (χ3v) is 3.18. The molecule has 2 aromatic rings. The lowest BCUT2D eigenvalue weighted by Gasteiger charge is -2.15. The average Bonchev–Trinajstić information content (AvgIpc) is 2.49. The van der Waals surface area contributed by atoms with Gasteiger partial charge in [0.25, 0.3) is 5.56 Å². The Morgan fingerprint density at radius 3 is 2.81 bits per heavy atom. The molecule has 0 bridgehead atoms. The van der Waals surface area contributed by atoms with Crippen molar-refractivity contribution in [1.82, 2.24) is 4.57 Å². The van der Waals surface area contributed by atoms with Crippen molar-refractivity contribution < 1.29 is 14.6 Å². The van der Waals surface area contributed by atoms with Crippen LogP contribution in [0.3, 0.4) is 0 Å². The Morgan fingerprint density at radius 1 is 1.33 bits per heavy atom. The van der Waals surface area contributed by atoms with Crippen LogP contribution in [0.25, 0.3) is 0 Å². The van der Waals surface area contributed by atoms with Crippen LogP contribution in [0.4, 0.5) is 0 Å². The van der Waals surface area contributed by atoms with E-state index in [1.54, 1.807) is 35.0 Å². The zero-order chi connectivity index (χ0) is 15.2. The normalized spacial score (nSPS) is 10.4. The number of methoxy groups -OCH3 is 1. The summed E-state index contributed by atoms with van der Waals surface area (Å²) in [6, 6.07) is 8.19. The smallest absolute Gasteiger partial charge is 0.250 e. The molecular formula is C15H16ClNO4. The van der Waals surface area contributed by atoms with Gasteiger partial charge in [-0.25, -0.2) is 0 Å². The fraction of sp³-hybridized carbons (Fsp3) is 0.267. The van der Waals surface area contributed by atoms with Gasteiger partial charge in [0.05, 0.1) is 20.3 Å². The van der Waals surface area contributed by atoms with Crippen LogP contribution in [0.5, 0.6) is 11.5 Å². The second-order valence-corrected chi connectivity index (χ2v) is 4.77. The van der Waals surface area contributed by atoms with Gasteiger partial charge in [-0.3, -0.25) is 4.79 Å². The summed E-state index contributed by atoms with van der Waals surface area (Å²) < 4.78 is 12.4. The molecule has 0 amide bonds. The second-order valence-electron chi connectivity index (χ2n) is 4.34. The van der Waals surface area contributed by atoms with Crippen LogP contribution < -0.4 is 15.0 Å². The van der Waals surface area contributed by atoms with Gasteiger partial charge in [0, 0.05) is 28.9 Å². The van der Waals surface area contributed by atoms with Crippen molar-refractivity contribution in [2.24, 2.45) is 0 Å². The first-order chi connectivity index (χ1) is 10.2. The highest BCUT2D eigenvalue weighted by Crippen LogP contribution is 2.34. The van der Waals surface area contributed by atoms with Crippen molar-refractivity contribution in [2.75, 3.05) is 13.7 Å². The summed E-state index contributed by atoms with van der Waals surface area (Å²) in [6.45, 7) is 0.461. The summed E-state index contributed by atoms with van der Waals surface area (Å²) in [5, 5.41) is 9.83. The Labute approximate surface area is 127 Å². The molecule has 1 aromatic heterocycles. The first-order valence-electron chi connectivity index (χ1n) is 6.41. The van der Waals surface area contributed by atoms with E-state index in [1.807, 2.05) is 0 Å². The summed E-state index contributed by atoms with van der Waals surface area (Å²) in [7, 11) is 1.50. The summed E-state index contributed by atoms with van der Waals surface area (Å²) in [5.41, 5.74) is 0.450. The molecule has 0 spiro atoms. The second kappa shape index (κ2) is 7.15. The summed E-state index contributed by atoms with van der Waals surface area (Å²) >= 11 is 5.94. The minimum atomic E-state index is -0.211. The molecule has 6 heteroatoms. The maximum atomic E-state index is 11.6.